The zero-order chi connectivity index (χ0) is 15.6. The molecule has 0 amide bonds. The van der Waals surface area contributed by atoms with E-state index >= 15 is 0 Å². The van der Waals surface area contributed by atoms with Crippen LogP contribution in [0.5, 0.6) is 0 Å². The highest BCUT2D eigenvalue weighted by Crippen LogP contribution is 2.30. The minimum absolute atomic E-state index is 0.000604. The average molecular weight is 381 g/mol. The number of alkyl halides is 3. The Hall–Kier alpha value is -1.34. The Morgan fingerprint density at radius 2 is 1.95 bits per heavy atom. The summed E-state index contributed by atoms with van der Waals surface area (Å²) in [6, 6.07) is 6.68. The van der Waals surface area contributed by atoms with E-state index in [4.69, 9.17) is 11.6 Å². The second-order valence-electron chi connectivity index (χ2n) is 4.18. The maximum absolute atomic E-state index is 12.7. The third-order valence-corrected chi connectivity index (χ3v) is 3.35. The summed E-state index contributed by atoms with van der Waals surface area (Å²) >= 11 is 8.97. The average Bonchev–Trinajstić information content (AvgIpc) is 2.39. The lowest BCUT2D eigenvalue weighted by molar-refractivity contribution is -0.144. The Labute approximate surface area is 132 Å². The van der Waals surface area contributed by atoms with Crippen molar-refractivity contribution in [1.29, 1.82) is 0 Å². The van der Waals surface area contributed by atoms with Crippen molar-refractivity contribution in [2.24, 2.45) is 0 Å². The maximum Gasteiger partial charge on any atom is 0.451 e. The summed E-state index contributed by atoms with van der Waals surface area (Å²) in [6.07, 6.45) is -3.93. The molecule has 0 atom stereocenters. The predicted molar refractivity (Wildman–Crippen MR) is 78.8 cm³/mol. The number of aromatic nitrogens is 2. The van der Waals surface area contributed by atoms with Gasteiger partial charge in [-0.25, -0.2) is 9.97 Å². The molecule has 0 aliphatic carbocycles. The largest absolute Gasteiger partial charge is 0.451 e. The topological polar surface area (TPSA) is 37.8 Å². The van der Waals surface area contributed by atoms with Crippen LogP contribution in [0.3, 0.4) is 0 Å². The highest BCUT2D eigenvalue weighted by molar-refractivity contribution is 9.10. The van der Waals surface area contributed by atoms with E-state index in [1.807, 2.05) is 13.0 Å². The van der Waals surface area contributed by atoms with E-state index in [1.165, 1.54) is 6.07 Å². The van der Waals surface area contributed by atoms with Crippen LogP contribution >= 0.6 is 27.5 Å². The zero-order valence-corrected chi connectivity index (χ0v) is 13.1. The van der Waals surface area contributed by atoms with Crippen LogP contribution in [0.2, 0.25) is 5.15 Å². The minimum Gasteiger partial charge on any atom is -0.340 e. The number of rotatable bonds is 3. The van der Waals surface area contributed by atoms with Crippen molar-refractivity contribution in [2.45, 2.75) is 19.5 Å². The molecule has 0 spiro atoms. The van der Waals surface area contributed by atoms with Crippen molar-refractivity contribution < 1.29 is 13.2 Å². The Kier molecular flexibility index (Phi) is 4.73. The van der Waals surface area contributed by atoms with Crippen LogP contribution in [0.15, 0.2) is 28.7 Å². The molecule has 0 aliphatic heterocycles. The summed E-state index contributed by atoms with van der Waals surface area (Å²) in [5.41, 5.74) is 1.61. The van der Waals surface area contributed by atoms with Gasteiger partial charge in [0.15, 0.2) is 0 Å². The predicted octanol–water partition coefficient (Wildman–Crippen LogP) is 5.22. The molecule has 0 fully saturated rings. The van der Waals surface area contributed by atoms with Gasteiger partial charge in [-0.2, -0.15) is 13.2 Å². The van der Waals surface area contributed by atoms with Gasteiger partial charge < -0.3 is 5.32 Å². The molecular formula is C13H10BrClF3N3. The highest BCUT2D eigenvalue weighted by atomic mass is 79.9. The van der Waals surface area contributed by atoms with Gasteiger partial charge in [0, 0.05) is 16.2 Å². The van der Waals surface area contributed by atoms with Gasteiger partial charge >= 0.3 is 6.18 Å². The Morgan fingerprint density at radius 1 is 1.24 bits per heavy atom. The van der Waals surface area contributed by atoms with Gasteiger partial charge in [-0.3, -0.25) is 0 Å². The van der Waals surface area contributed by atoms with Gasteiger partial charge in [0.1, 0.15) is 11.0 Å². The van der Waals surface area contributed by atoms with Crippen LogP contribution in [-0.2, 0) is 12.6 Å². The lowest BCUT2D eigenvalue weighted by Crippen LogP contribution is -2.12. The first-order valence-electron chi connectivity index (χ1n) is 5.97. The fourth-order valence-electron chi connectivity index (χ4n) is 1.72. The molecule has 0 unspecified atom stereocenters. The molecule has 2 aromatic rings. The standard InChI is InChI=1S/C13H10BrClF3N3/c1-2-7-5-8(14)3-4-9(7)19-11-6-10(15)20-12(21-11)13(16,17)18/h3-6H,2H2,1H3,(H,19,20,21). The molecule has 0 saturated carbocycles. The van der Waals surface area contributed by atoms with E-state index in [1.54, 1.807) is 12.1 Å². The lowest BCUT2D eigenvalue weighted by Gasteiger charge is -2.12. The fourth-order valence-corrected chi connectivity index (χ4v) is 2.32. The smallest absolute Gasteiger partial charge is 0.340 e. The van der Waals surface area contributed by atoms with Gasteiger partial charge in [-0.05, 0) is 30.2 Å². The molecule has 1 heterocycles. The molecule has 0 aliphatic rings. The number of halogens is 5. The Bertz CT molecular complexity index is 662. The summed E-state index contributed by atoms with van der Waals surface area (Å²) in [7, 11) is 0. The second-order valence-corrected chi connectivity index (χ2v) is 5.48. The normalized spacial score (nSPS) is 11.5. The molecule has 1 aromatic heterocycles. The second kappa shape index (κ2) is 6.19. The molecule has 1 N–H and O–H groups in total. The number of anilines is 2. The number of aryl methyl sites for hydroxylation is 1. The first kappa shape index (κ1) is 16.0. The number of nitrogens with zero attached hydrogens (tertiary/aromatic N) is 2. The van der Waals surface area contributed by atoms with Crippen molar-refractivity contribution in [1.82, 2.24) is 9.97 Å². The van der Waals surface area contributed by atoms with Crippen LogP contribution in [0.25, 0.3) is 0 Å². The summed E-state index contributed by atoms with van der Waals surface area (Å²) in [5.74, 6) is -1.27. The van der Waals surface area contributed by atoms with E-state index in [9.17, 15) is 13.2 Å². The van der Waals surface area contributed by atoms with E-state index in [2.05, 4.69) is 31.2 Å². The monoisotopic (exact) mass is 379 g/mol. The molecule has 0 radical (unpaired) electrons. The van der Waals surface area contributed by atoms with Crippen molar-refractivity contribution in [2.75, 3.05) is 5.32 Å². The molecule has 8 heteroatoms. The Balaban J connectivity index is 2.38. The number of nitrogens with one attached hydrogen (secondary N) is 1. The number of hydrogen-bond donors (Lipinski definition) is 1. The summed E-state index contributed by atoms with van der Waals surface area (Å²) in [4.78, 5) is 6.64. The zero-order valence-electron chi connectivity index (χ0n) is 10.8. The molecule has 2 rings (SSSR count). The van der Waals surface area contributed by atoms with Gasteiger partial charge in [-0.15, -0.1) is 0 Å². The van der Waals surface area contributed by atoms with Crippen LogP contribution in [-0.4, -0.2) is 9.97 Å². The maximum atomic E-state index is 12.7. The van der Waals surface area contributed by atoms with Crippen molar-refractivity contribution >= 4 is 39.0 Å². The molecule has 1 aromatic carbocycles. The van der Waals surface area contributed by atoms with Crippen LogP contribution in [0, 0.1) is 0 Å². The van der Waals surface area contributed by atoms with Crippen molar-refractivity contribution in [3.63, 3.8) is 0 Å². The van der Waals surface area contributed by atoms with E-state index in [-0.39, 0.29) is 11.0 Å². The molecule has 0 bridgehead atoms. The van der Waals surface area contributed by atoms with Gasteiger partial charge in [0.2, 0.25) is 5.82 Å². The Morgan fingerprint density at radius 3 is 2.57 bits per heavy atom. The summed E-state index contributed by atoms with van der Waals surface area (Å²) < 4.78 is 38.9. The highest BCUT2D eigenvalue weighted by Gasteiger charge is 2.35. The van der Waals surface area contributed by atoms with E-state index < -0.39 is 12.0 Å². The lowest BCUT2D eigenvalue weighted by atomic mass is 10.1. The quantitative estimate of drug-likeness (QED) is 0.742. The van der Waals surface area contributed by atoms with Crippen LogP contribution in [0.1, 0.15) is 18.3 Å². The number of hydrogen-bond acceptors (Lipinski definition) is 3. The first-order valence-corrected chi connectivity index (χ1v) is 7.14. The van der Waals surface area contributed by atoms with E-state index in [0.29, 0.717) is 12.1 Å². The van der Waals surface area contributed by atoms with Crippen molar-refractivity contribution in [3.05, 3.63) is 45.3 Å². The first-order chi connectivity index (χ1) is 9.79. The van der Waals surface area contributed by atoms with Gasteiger partial charge in [-0.1, -0.05) is 34.5 Å². The molecule has 112 valence electrons. The van der Waals surface area contributed by atoms with Crippen LogP contribution in [0.4, 0.5) is 24.7 Å². The van der Waals surface area contributed by atoms with Gasteiger partial charge in [0.05, 0.1) is 0 Å². The molecule has 21 heavy (non-hydrogen) atoms. The fraction of sp³-hybridized carbons (Fsp3) is 0.231. The van der Waals surface area contributed by atoms with Crippen molar-refractivity contribution in [3.8, 4) is 0 Å². The molecular weight excluding hydrogens is 371 g/mol. The number of benzene rings is 1. The van der Waals surface area contributed by atoms with Gasteiger partial charge in [0.25, 0.3) is 0 Å². The third kappa shape index (κ3) is 4.07. The van der Waals surface area contributed by atoms with Crippen LogP contribution < -0.4 is 5.32 Å². The minimum atomic E-state index is -4.64. The van der Waals surface area contributed by atoms with E-state index in [0.717, 1.165) is 10.0 Å². The SMILES string of the molecule is CCc1cc(Br)ccc1Nc1cc(Cl)nc(C(F)(F)F)n1. The summed E-state index contributed by atoms with van der Waals surface area (Å²) in [6.45, 7) is 1.95. The molecule has 0 saturated heterocycles. The molecule has 3 nitrogen and oxygen atoms in total. The summed E-state index contributed by atoms with van der Waals surface area (Å²) in [5, 5.41) is 2.58. The third-order valence-electron chi connectivity index (χ3n) is 2.66.